The van der Waals surface area contributed by atoms with Gasteiger partial charge in [0.1, 0.15) is 5.76 Å². The van der Waals surface area contributed by atoms with E-state index in [0.29, 0.717) is 32.7 Å². The second-order valence-electron chi connectivity index (χ2n) is 4.14. The number of anilines is 1. The Morgan fingerprint density at radius 2 is 2.17 bits per heavy atom. The lowest BCUT2D eigenvalue weighted by Gasteiger charge is -1.94. The van der Waals surface area contributed by atoms with E-state index in [4.69, 9.17) is 5.73 Å². The number of rotatable bonds is 0. The zero-order valence-corrected chi connectivity index (χ0v) is 9.56. The van der Waals surface area contributed by atoms with Crippen LogP contribution >= 0.6 is 0 Å². The minimum absolute atomic E-state index is 0.117. The summed E-state index contributed by atoms with van der Waals surface area (Å²) in [5.74, 6) is 0.117. The molecule has 0 fully saturated rings. The van der Waals surface area contributed by atoms with Crippen molar-refractivity contribution in [1.82, 2.24) is 15.2 Å². The van der Waals surface area contributed by atoms with Gasteiger partial charge in [-0.15, -0.1) is 5.10 Å². The van der Waals surface area contributed by atoms with Crippen molar-refractivity contribution in [1.29, 1.82) is 0 Å². The molecule has 2 aromatic heterocycles. The number of H-pyrrole nitrogens is 1. The van der Waals surface area contributed by atoms with Gasteiger partial charge in [0.15, 0.2) is 0 Å². The Kier molecular flexibility index (Phi) is 2.00. The molecule has 1 aromatic carbocycles. The van der Waals surface area contributed by atoms with Crippen LogP contribution in [0.15, 0.2) is 23.1 Å². The van der Waals surface area contributed by atoms with Crippen molar-refractivity contribution in [3.8, 4) is 0 Å². The molecular weight excluding hydrogens is 232 g/mol. The van der Waals surface area contributed by atoms with Crippen LogP contribution in [0.4, 0.5) is 5.69 Å². The molecule has 0 atom stereocenters. The third kappa shape index (κ3) is 1.32. The summed E-state index contributed by atoms with van der Waals surface area (Å²) >= 11 is 0. The minimum atomic E-state index is -0.441. The van der Waals surface area contributed by atoms with Gasteiger partial charge in [0.05, 0.1) is 16.9 Å². The number of benzene rings is 1. The molecule has 0 radical (unpaired) electrons. The van der Waals surface area contributed by atoms with Crippen LogP contribution in [0.1, 0.15) is 6.92 Å². The average molecular weight is 242 g/mol. The molecule has 0 aliphatic carbocycles. The number of nitrogen functional groups attached to an aromatic ring is 1. The van der Waals surface area contributed by atoms with Crippen molar-refractivity contribution >= 4 is 33.1 Å². The van der Waals surface area contributed by atoms with Crippen molar-refractivity contribution < 1.29 is 5.11 Å². The number of hydrogen-bond acceptors (Lipinski definition) is 5. The maximum atomic E-state index is 11.8. The van der Waals surface area contributed by atoms with Crippen LogP contribution in [0.2, 0.25) is 0 Å². The van der Waals surface area contributed by atoms with Gasteiger partial charge < -0.3 is 15.8 Å². The smallest absolute Gasteiger partial charge is 0.296 e. The summed E-state index contributed by atoms with van der Waals surface area (Å²) in [5, 5.41) is 19.1. The maximum Gasteiger partial charge on any atom is 0.296 e. The molecule has 0 saturated heterocycles. The number of aliphatic hydroxyl groups is 1. The Morgan fingerprint density at radius 3 is 2.89 bits per heavy atom. The topological polar surface area (TPSA) is 105 Å². The molecule has 6 heteroatoms. The van der Waals surface area contributed by atoms with E-state index in [1.54, 1.807) is 19.1 Å². The van der Waals surface area contributed by atoms with Crippen LogP contribution in [0, 0.1) is 0 Å². The number of nitrogens with two attached hydrogens (primary N) is 1. The molecule has 18 heavy (non-hydrogen) atoms. The van der Waals surface area contributed by atoms with Crippen molar-refractivity contribution in [3.63, 3.8) is 0 Å². The van der Waals surface area contributed by atoms with E-state index in [1.165, 1.54) is 6.20 Å². The van der Waals surface area contributed by atoms with Crippen LogP contribution in [-0.4, -0.2) is 20.3 Å². The predicted molar refractivity (Wildman–Crippen MR) is 69.0 cm³/mol. The zero-order chi connectivity index (χ0) is 12.9. The molecule has 0 spiro atoms. The number of nitrogens with one attached hydrogen (secondary N) is 1. The highest BCUT2D eigenvalue weighted by atomic mass is 16.3. The van der Waals surface area contributed by atoms with Crippen LogP contribution in [0.3, 0.4) is 0 Å². The van der Waals surface area contributed by atoms with Gasteiger partial charge in [-0.2, -0.15) is 5.10 Å². The molecule has 0 aliphatic rings. The number of aromatic nitrogens is 3. The largest absolute Gasteiger partial charge is 0.510 e. The van der Waals surface area contributed by atoms with E-state index in [2.05, 4.69) is 15.2 Å². The summed E-state index contributed by atoms with van der Waals surface area (Å²) < 4.78 is 0. The molecule has 0 aliphatic heterocycles. The van der Waals surface area contributed by atoms with Gasteiger partial charge in [-0.1, -0.05) is 0 Å². The number of aliphatic hydroxyl groups excluding tert-OH is 1. The third-order valence-electron chi connectivity index (χ3n) is 2.89. The van der Waals surface area contributed by atoms with Crippen LogP contribution < -0.4 is 16.6 Å². The molecule has 4 N–H and O–H groups in total. The van der Waals surface area contributed by atoms with Crippen LogP contribution in [0.5, 0.6) is 0 Å². The fourth-order valence-corrected chi connectivity index (χ4v) is 2.16. The van der Waals surface area contributed by atoms with Crippen LogP contribution in [0.25, 0.3) is 27.4 Å². The van der Waals surface area contributed by atoms with Crippen molar-refractivity contribution in [3.05, 3.63) is 34.0 Å². The predicted octanol–water partition coefficient (Wildman–Crippen LogP) is 0.459. The van der Waals surface area contributed by atoms with E-state index in [0.717, 1.165) is 0 Å². The van der Waals surface area contributed by atoms with E-state index in [1.807, 2.05) is 0 Å². The van der Waals surface area contributed by atoms with E-state index in [-0.39, 0.29) is 5.76 Å². The lowest BCUT2D eigenvalue weighted by atomic mass is 10.1. The van der Waals surface area contributed by atoms with Gasteiger partial charge in [0, 0.05) is 22.0 Å². The molecule has 6 nitrogen and oxygen atoms in total. The standard InChI is InChI=1S/C12H10N4O2/c1-5(17)11-8-4-14-16-12(18)7-2-6(13)3-9(15-11)10(7)8/h2-4,15,17H,13H2,1H3. The maximum absolute atomic E-state index is 11.8. The second kappa shape index (κ2) is 3.43. The molecule has 2 heterocycles. The van der Waals surface area contributed by atoms with Gasteiger partial charge >= 0.3 is 0 Å². The summed E-state index contributed by atoms with van der Waals surface area (Å²) in [6, 6.07) is 3.28. The van der Waals surface area contributed by atoms with Gasteiger partial charge in [-0.3, -0.25) is 4.79 Å². The Morgan fingerprint density at radius 1 is 1.39 bits per heavy atom. The molecule has 0 unspecified atom stereocenters. The van der Waals surface area contributed by atoms with Gasteiger partial charge in [-0.05, 0) is 19.1 Å². The minimum Gasteiger partial charge on any atom is -0.510 e. The first-order valence-corrected chi connectivity index (χ1v) is 5.34. The van der Waals surface area contributed by atoms with Gasteiger partial charge in [0.2, 0.25) is 0 Å². The lowest BCUT2D eigenvalue weighted by Crippen LogP contribution is -2.05. The number of aromatic amines is 1. The van der Waals surface area contributed by atoms with Crippen molar-refractivity contribution in [2.24, 2.45) is 0 Å². The highest BCUT2D eigenvalue weighted by Gasteiger charge is 2.10. The number of nitrogens with zero attached hydrogens (tertiary/aromatic N) is 2. The normalized spacial score (nSPS) is 13.2. The fourth-order valence-electron chi connectivity index (χ4n) is 2.16. The molecule has 90 valence electrons. The van der Waals surface area contributed by atoms with E-state index < -0.39 is 5.56 Å². The molecule has 0 bridgehead atoms. The van der Waals surface area contributed by atoms with E-state index >= 15 is 0 Å². The first kappa shape index (κ1) is 10.5. The molecule has 0 saturated carbocycles. The SMILES string of the molecule is CC(O)=c1[nH]c2cc(N)cc3c(=O)nncc1c23. The Labute approximate surface area is 101 Å². The summed E-state index contributed by atoms with van der Waals surface area (Å²) in [6.07, 6.45) is 1.46. The van der Waals surface area contributed by atoms with Crippen molar-refractivity contribution in [2.45, 2.75) is 6.92 Å². The average Bonchev–Trinajstić information content (AvgIpc) is 2.58. The third-order valence-corrected chi connectivity index (χ3v) is 2.89. The molecule has 0 amide bonds. The number of hydrogen-bond donors (Lipinski definition) is 3. The molecule has 3 rings (SSSR count). The zero-order valence-electron chi connectivity index (χ0n) is 9.56. The monoisotopic (exact) mass is 242 g/mol. The van der Waals surface area contributed by atoms with Crippen molar-refractivity contribution in [2.75, 3.05) is 5.73 Å². The van der Waals surface area contributed by atoms with Gasteiger partial charge in [-0.25, -0.2) is 0 Å². The van der Waals surface area contributed by atoms with E-state index in [9.17, 15) is 9.90 Å². The van der Waals surface area contributed by atoms with Gasteiger partial charge in [0.25, 0.3) is 5.56 Å². The molecular formula is C12H10N4O2. The quantitative estimate of drug-likeness (QED) is 0.497. The first-order chi connectivity index (χ1) is 8.58. The Hall–Kier alpha value is -2.63. The highest BCUT2D eigenvalue weighted by Crippen LogP contribution is 2.22. The summed E-state index contributed by atoms with van der Waals surface area (Å²) in [6.45, 7) is 1.56. The summed E-state index contributed by atoms with van der Waals surface area (Å²) in [4.78, 5) is 14.8. The Bertz CT molecular complexity index is 878. The summed E-state index contributed by atoms with van der Waals surface area (Å²) in [5.41, 5.74) is 6.44. The summed E-state index contributed by atoms with van der Waals surface area (Å²) in [7, 11) is 0. The Balaban J connectivity index is 2.81. The second-order valence-corrected chi connectivity index (χ2v) is 4.14. The first-order valence-electron chi connectivity index (χ1n) is 5.34. The molecule has 3 aromatic rings. The van der Waals surface area contributed by atoms with Crippen LogP contribution in [-0.2, 0) is 0 Å². The fraction of sp³-hybridized carbons (Fsp3) is 0.0833. The highest BCUT2D eigenvalue weighted by molar-refractivity contribution is 6.09. The lowest BCUT2D eigenvalue weighted by molar-refractivity contribution is 0.497.